The number of carbonyl (C=O) groups is 1. The molecule has 3 heteroatoms. The fourth-order valence-corrected chi connectivity index (χ4v) is 1.63. The van der Waals surface area contributed by atoms with Gasteiger partial charge in [-0.1, -0.05) is 50.6 Å². The molecule has 3 nitrogen and oxygen atoms in total. The summed E-state index contributed by atoms with van der Waals surface area (Å²) in [6.07, 6.45) is 0. The first kappa shape index (κ1) is 14.7. The molecular weight excluding hydrogens is 224 g/mol. The van der Waals surface area contributed by atoms with Crippen LogP contribution in [-0.2, 0) is 4.79 Å². The van der Waals surface area contributed by atoms with Crippen molar-refractivity contribution in [1.82, 2.24) is 5.32 Å². The van der Waals surface area contributed by atoms with Crippen LogP contribution < -0.4 is 11.1 Å². The Balaban J connectivity index is 2.68. The highest BCUT2D eigenvalue weighted by atomic mass is 16.2. The van der Waals surface area contributed by atoms with Crippen molar-refractivity contribution < 1.29 is 4.79 Å². The highest BCUT2D eigenvalue weighted by molar-refractivity contribution is 5.82. The summed E-state index contributed by atoms with van der Waals surface area (Å²) in [4.78, 5) is 12.0. The Bertz CT molecular complexity index is 403. The third-order valence-electron chi connectivity index (χ3n) is 3.15. The lowest BCUT2D eigenvalue weighted by Gasteiger charge is -2.27. The van der Waals surface area contributed by atoms with Crippen molar-refractivity contribution in [2.75, 3.05) is 0 Å². The van der Waals surface area contributed by atoms with Crippen LogP contribution in [0.4, 0.5) is 0 Å². The Labute approximate surface area is 110 Å². The van der Waals surface area contributed by atoms with E-state index in [4.69, 9.17) is 5.73 Å². The van der Waals surface area contributed by atoms with Gasteiger partial charge in [-0.05, 0) is 24.8 Å². The van der Waals surface area contributed by atoms with E-state index >= 15 is 0 Å². The Hall–Kier alpha value is -1.35. The number of nitrogens with two attached hydrogens (primary N) is 1. The van der Waals surface area contributed by atoms with Crippen LogP contribution in [0.5, 0.6) is 0 Å². The number of carbonyl (C=O) groups excluding carboxylic acids is 1. The topological polar surface area (TPSA) is 55.1 Å². The smallest absolute Gasteiger partial charge is 0.237 e. The molecule has 0 aliphatic carbocycles. The number of hydrogen-bond donors (Lipinski definition) is 2. The fourth-order valence-electron chi connectivity index (χ4n) is 1.63. The van der Waals surface area contributed by atoms with E-state index in [0.29, 0.717) is 0 Å². The molecule has 0 bridgehead atoms. The zero-order valence-electron chi connectivity index (χ0n) is 11.9. The monoisotopic (exact) mass is 248 g/mol. The number of hydrogen-bond acceptors (Lipinski definition) is 2. The molecule has 0 aliphatic heterocycles. The molecule has 0 spiro atoms. The highest BCUT2D eigenvalue weighted by Gasteiger charge is 2.28. The van der Waals surface area contributed by atoms with Gasteiger partial charge in [0.15, 0.2) is 0 Å². The number of rotatable bonds is 3. The Morgan fingerprint density at radius 2 is 1.72 bits per heavy atom. The second-order valence-electron chi connectivity index (χ2n) is 5.98. The summed E-state index contributed by atoms with van der Waals surface area (Å²) in [6, 6.07) is 7.63. The lowest BCUT2D eigenvalue weighted by atomic mass is 9.86. The molecule has 18 heavy (non-hydrogen) atoms. The summed E-state index contributed by atoms with van der Waals surface area (Å²) in [5.41, 5.74) is 8.01. The van der Waals surface area contributed by atoms with Crippen LogP contribution in [0.3, 0.4) is 0 Å². The molecule has 0 heterocycles. The lowest BCUT2D eigenvalue weighted by Crippen LogP contribution is -2.49. The van der Waals surface area contributed by atoms with Crippen LogP contribution in [0, 0.1) is 12.3 Å². The van der Waals surface area contributed by atoms with Crippen LogP contribution in [0.15, 0.2) is 24.3 Å². The number of nitrogens with one attached hydrogen (secondary N) is 1. The van der Waals surface area contributed by atoms with Gasteiger partial charge in [-0.3, -0.25) is 4.79 Å². The zero-order chi connectivity index (χ0) is 13.9. The second kappa shape index (κ2) is 5.53. The molecule has 0 saturated carbocycles. The maximum atomic E-state index is 12.0. The lowest BCUT2D eigenvalue weighted by molar-refractivity contribution is -0.125. The normalized spacial score (nSPS) is 15.0. The molecule has 1 aromatic carbocycles. The maximum absolute atomic E-state index is 12.0. The van der Waals surface area contributed by atoms with Crippen LogP contribution in [0.1, 0.15) is 44.9 Å². The number of amides is 1. The third-order valence-corrected chi connectivity index (χ3v) is 3.15. The van der Waals surface area contributed by atoms with Crippen molar-refractivity contribution >= 4 is 5.91 Å². The van der Waals surface area contributed by atoms with Gasteiger partial charge < -0.3 is 11.1 Å². The summed E-state index contributed by atoms with van der Waals surface area (Å²) >= 11 is 0. The summed E-state index contributed by atoms with van der Waals surface area (Å²) < 4.78 is 0. The minimum atomic E-state index is -0.495. The van der Waals surface area contributed by atoms with Gasteiger partial charge in [0.25, 0.3) is 0 Å². The number of benzene rings is 1. The van der Waals surface area contributed by atoms with Gasteiger partial charge in [-0.2, -0.15) is 0 Å². The molecule has 100 valence electrons. The molecule has 0 aromatic heterocycles. The SMILES string of the molecule is Cc1ccc([C@H](C)NC(=O)C(N)C(C)(C)C)cc1. The molecule has 0 saturated heterocycles. The van der Waals surface area contributed by atoms with Gasteiger partial charge in [-0.15, -0.1) is 0 Å². The van der Waals surface area contributed by atoms with Gasteiger partial charge in [0.2, 0.25) is 5.91 Å². The van der Waals surface area contributed by atoms with E-state index in [0.717, 1.165) is 5.56 Å². The quantitative estimate of drug-likeness (QED) is 0.863. The minimum Gasteiger partial charge on any atom is -0.348 e. The van der Waals surface area contributed by atoms with Gasteiger partial charge in [0.1, 0.15) is 0 Å². The van der Waals surface area contributed by atoms with Crippen LogP contribution in [0.2, 0.25) is 0 Å². The highest BCUT2D eigenvalue weighted by Crippen LogP contribution is 2.19. The van der Waals surface area contributed by atoms with E-state index in [9.17, 15) is 4.79 Å². The molecule has 2 atom stereocenters. The number of aryl methyl sites for hydroxylation is 1. The second-order valence-corrected chi connectivity index (χ2v) is 5.98. The van der Waals surface area contributed by atoms with E-state index in [1.165, 1.54) is 5.56 Å². The zero-order valence-corrected chi connectivity index (χ0v) is 11.9. The average Bonchev–Trinajstić information content (AvgIpc) is 2.27. The van der Waals surface area contributed by atoms with E-state index in [-0.39, 0.29) is 17.4 Å². The standard InChI is InChI=1S/C15H24N2O/c1-10-6-8-12(9-7-10)11(2)17-14(18)13(16)15(3,4)5/h6-9,11,13H,16H2,1-5H3,(H,17,18)/t11-,13?/m0/s1. The van der Waals surface area contributed by atoms with E-state index in [1.54, 1.807) is 0 Å². The summed E-state index contributed by atoms with van der Waals surface area (Å²) in [5.74, 6) is -0.101. The molecule has 0 fully saturated rings. The molecule has 1 rings (SSSR count). The van der Waals surface area contributed by atoms with Crippen molar-refractivity contribution in [1.29, 1.82) is 0 Å². The van der Waals surface area contributed by atoms with E-state index in [1.807, 2.05) is 58.9 Å². The van der Waals surface area contributed by atoms with Crippen molar-refractivity contribution in [3.05, 3.63) is 35.4 Å². The molecule has 0 aliphatic rings. The largest absolute Gasteiger partial charge is 0.348 e. The Kier molecular flexibility index (Phi) is 4.52. The first-order valence-electron chi connectivity index (χ1n) is 6.34. The van der Waals surface area contributed by atoms with Gasteiger partial charge in [0.05, 0.1) is 12.1 Å². The van der Waals surface area contributed by atoms with Crippen molar-refractivity contribution in [2.45, 2.75) is 46.7 Å². The van der Waals surface area contributed by atoms with Crippen LogP contribution in [-0.4, -0.2) is 11.9 Å². The third kappa shape index (κ3) is 3.84. The maximum Gasteiger partial charge on any atom is 0.237 e. The first-order chi connectivity index (χ1) is 8.21. The average molecular weight is 248 g/mol. The van der Waals surface area contributed by atoms with Crippen LogP contribution in [0.25, 0.3) is 0 Å². The summed E-state index contributed by atoms with van der Waals surface area (Å²) in [5, 5.41) is 2.96. The van der Waals surface area contributed by atoms with Gasteiger partial charge in [-0.25, -0.2) is 0 Å². The van der Waals surface area contributed by atoms with Crippen LogP contribution >= 0.6 is 0 Å². The minimum absolute atomic E-state index is 0.0218. The van der Waals surface area contributed by atoms with E-state index < -0.39 is 6.04 Å². The van der Waals surface area contributed by atoms with Gasteiger partial charge in [0, 0.05) is 0 Å². The fraction of sp³-hybridized carbons (Fsp3) is 0.533. The Morgan fingerprint density at radius 3 is 2.17 bits per heavy atom. The Morgan fingerprint density at radius 1 is 1.22 bits per heavy atom. The van der Waals surface area contributed by atoms with Gasteiger partial charge >= 0.3 is 0 Å². The molecule has 0 radical (unpaired) electrons. The predicted octanol–water partition coefficient (Wildman–Crippen LogP) is 2.55. The van der Waals surface area contributed by atoms with Crippen molar-refractivity contribution in [2.24, 2.45) is 11.1 Å². The van der Waals surface area contributed by atoms with E-state index in [2.05, 4.69) is 5.32 Å². The molecule has 1 aromatic rings. The molecule has 3 N–H and O–H groups in total. The predicted molar refractivity (Wildman–Crippen MR) is 75.2 cm³/mol. The summed E-state index contributed by atoms with van der Waals surface area (Å²) in [6.45, 7) is 9.91. The van der Waals surface area contributed by atoms with Crippen molar-refractivity contribution in [3.63, 3.8) is 0 Å². The molecule has 1 unspecified atom stereocenters. The molecular formula is C15H24N2O. The molecule has 1 amide bonds. The first-order valence-corrected chi connectivity index (χ1v) is 6.34. The van der Waals surface area contributed by atoms with Crippen molar-refractivity contribution in [3.8, 4) is 0 Å². The summed E-state index contributed by atoms with van der Waals surface area (Å²) in [7, 11) is 0.